The fourth-order valence-electron chi connectivity index (χ4n) is 1.26. The van der Waals surface area contributed by atoms with Crippen LogP contribution >= 0.6 is 11.8 Å². The average Bonchev–Trinajstić information content (AvgIpc) is 2.31. The van der Waals surface area contributed by atoms with Crippen molar-refractivity contribution >= 4 is 17.4 Å². The number of nitrogens with one attached hydrogen (secondary N) is 1. The van der Waals surface area contributed by atoms with Gasteiger partial charge in [-0.1, -0.05) is 6.92 Å². The maximum Gasteiger partial charge on any atom is 0.123 e. The van der Waals surface area contributed by atoms with Gasteiger partial charge in [-0.25, -0.2) is 4.39 Å². The van der Waals surface area contributed by atoms with Crippen LogP contribution in [0.3, 0.4) is 0 Å². The van der Waals surface area contributed by atoms with Gasteiger partial charge in [0.2, 0.25) is 0 Å². The quantitative estimate of drug-likeness (QED) is 0.773. The van der Waals surface area contributed by atoms with Crippen molar-refractivity contribution < 1.29 is 4.39 Å². The summed E-state index contributed by atoms with van der Waals surface area (Å²) in [4.78, 5) is 0. The zero-order valence-electron chi connectivity index (χ0n) is 9.24. The second-order valence-corrected chi connectivity index (χ2v) is 4.71. The van der Waals surface area contributed by atoms with Crippen molar-refractivity contribution in [3.05, 3.63) is 30.1 Å². The second kappa shape index (κ2) is 7.13. The summed E-state index contributed by atoms with van der Waals surface area (Å²) in [6, 6.07) is 8.07. The fraction of sp³-hybridized carbons (Fsp3) is 0.417. The largest absolute Gasteiger partial charge is 0.370 e. The topological polar surface area (TPSA) is 35.8 Å². The number of nitriles is 1. The molecule has 0 spiro atoms. The van der Waals surface area contributed by atoms with Gasteiger partial charge in [0.05, 0.1) is 6.07 Å². The fourth-order valence-corrected chi connectivity index (χ4v) is 1.95. The maximum absolute atomic E-state index is 12.7. The van der Waals surface area contributed by atoms with Gasteiger partial charge in [-0.3, -0.25) is 0 Å². The first kappa shape index (κ1) is 12.9. The first-order chi connectivity index (χ1) is 7.76. The van der Waals surface area contributed by atoms with Crippen molar-refractivity contribution in [1.29, 1.82) is 5.26 Å². The third kappa shape index (κ3) is 4.54. The van der Waals surface area contributed by atoms with Crippen LogP contribution in [0.5, 0.6) is 0 Å². The Kier molecular flexibility index (Phi) is 5.73. The van der Waals surface area contributed by atoms with Gasteiger partial charge in [-0.05, 0) is 42.2 Å². The molecule has 0 fully saturated rings. The highest BCUT2D eigenvalue weighted by Gasteiger charge is 2.06. The molecule has 16 heavy (non-hydrogen) atoms. The van der Waals surface area contributed by atoms with Crippen LogP contribution in [-0.2, 0) is 0 Å². The van der Waals surface area contributed by atoms with Crippen LogP contribution in [0.4, 0.5) is 10.1 Å². The van der Waals surface area contributed by atoms with Crippen molar-refractivity contribution in [2.75, 3.05) is 16.8 Å². The second-order valence-electron chi connectivity index (χ2n) is 3.32. The van der Waals surface area contributed by atoms with E-state index in [4.69, 9.17) is 5.26 Å². The van der Waals surface area contributed by atoms with E-state index in [9.17, 15) is 4.39 Å². The molecule has 0 aliphatic carbocycles. The highest BCUT2D eigenvalue weighted by Crippen LogP contribution is 2.12. The summed E-state index contributed by atoms with van der Waals surface area (Å²) in [5, 5.41) is 12.0. The molecule has 0 bridgehead atoms. The summed E-state index contributed by atoms with van der Waals surface area (Å²) in [6.45, 7) is 2.10. The zero-order valence-corrected chi connectivity index (χ0v) is 10.1. The molecule has 0 aromatic heterocycles. The van der Waals surface area contributed by atoms with Crippen molar-refractivity contribution in [2.24, 2.45) is 0 Å². The monoisotopic (exact) mass is 238 g/mol. The first-order valence-corrected chi connectivity index (χ1v) is 6.41. The zero-order chi connectivity index (χ0) is 11.8. The molecule has 4 heteroatoms. The standard InChI is InChI=1S/C12H15FN2S/c1-2-16-8-7-12(9-14)15-11-5-3-10(13)4-6-11/h3-6,12,15H,2,7-8H2,1H3. The van der Waals surface area contributed by atoms with Crippen LogP contribution < -0.4 is 5.32 Å². The minimum atomic E-state index is -0.263. The Balaban J connectivity index is 2.44. The average molecular weight is 238 g/mol. The number of hydrogen-bond donors (Lipinski definition) is 1. The maximum atomic E-state index is 12.7. The molecule has 0 radical (unpaired) electrons. The van der Waals surface area contributed by atoms with Crippen molar-refractivity contribution in [3.63, 3.8) is 0 Å². The molecule has 1 aromatic rings. The SMILES string of the molecule is CCSCCC(C#N)Nc1ccc(F)cc1. The molecule has 1 rings (SSSR count). The Hall–Kier alpha value is -1.21. The van der Waals surface area contributed by atoms with E-state index in [1.165, 1.54) is 12.1 Å². The number of anilines is 1. The Labute approximate surface area is 99.9 Å². The Morgan fingerprint density at radius 3 is 2.69 bits per heavy atom. The molecular weight excluding hydrogens is 223 g/mol. The molecule has 0 aliphatic rings. The van der Waals surface area contributed by atoms with Crippen LogP contribution in [0.15, 0.2) is 24.3 Å². The molecule has 86 valence electrons. The van der Waals surface area contributed by atoms with Crippen LogP contribution in [0.1, 0.15) is 13.3 Å². The normalized spacial score (nSPS) is 11.8. The van der Waals surface area contributed by atoms with Gasteiger partial charge < -0.3 is 5.32 Å². The Morgan fingerprint density at radius 1 is 1.44 bits per heavy atom. The van der Waals surface area contributed by atoms with Gasteiger partial charge >= 0.3 is 0 Å². The number of halogens is 1. The summed E-state index contributed by atoms with van der Waals surface area (Å²) in [5.41, 5.74) is 0.787. The van der Waals surface area contributed by atoms with E-state index in [2.05, 4.69) is 18.3 Å². The third-order valence-corrected chi connectivity index (χ3v) is 3.03. The Bertz CT molecular complexity index is 345. The number of rotatable bonds is 6. The molecule has 0 aliphatic heterocycles. The van der Waals surface area contributed by atoms with Crippen LogP contribution in [-0.4, -0.2) is 17.5 Å². The molecule has 1 atom stereocenters. The summed E-state index contributed by atoms with van der Waals surface area (Å²) in [7, 11) is 0. The first-order valence-electron chi connectivity index (χ1n) is 5.25. The number of thioether (sulfide) groups is 1. The van der Waals surface area contributed by atoms with Crippen LogP contribution in [0.25, 0.3) is 0 Å². The lowest BCUT2D eigenvalue weighted by atomic mass is 10.2. The van der Waals surface area contributed by atoms with E-state index in [-0.39, 0.29) is 11.9 Å². The van der Waals surface area contributed by atoms with E-state index in [0.29, 0.717) is 0 Å². The predicted octanol–water partition coefficient (Wildman–Crippen LogP) is 3.27. The molecule has 1 N–H and O–H groups in total. The predicted molar refractivity (Wildman–Crippen MR) is 67.0 cm³/mol. The lowest BCUT2D eigenvalue weighted by Gasteiger charge is -2.12. The summed E-state index contributed by atoms with van der Waals surface area (Å²) in [6.07, 6.45) is 0.798. The highest BCUT2D eigenvalue weighted by atomic mass is 32.2. The van der Waals surface area contributed by atoms with E-state index in [1.807, 2.05) is 11.8 Å². The van der Waals surface area contributed by atoms with E-state index >= 15 is 0 Å². The van der Waals surface area contributed by atoms with Gasteiger partial charge in [0.1, 0.15) is 11.9 Å². The summed E-state index contributed by atoms with van der Waals surface area (Å²) < 4.78 is 12.7. The molecule has 0 saturated heterocycles. The molecule has 2 nitrogen and oxygen atoms in total. The molecule has 0 amide bonds. The number of hydrogen-bond acceptors (Lipinski definition) is 3. The van der Waals surface area contributed by atoms with Gasteiger partial charge in [-0.15, -0.1) is 0 Å². The van der Waals surface area contributed by atoms with Gasteiger partial charge in [0.25, 0.3) is 0 Å². The van der Waals surface area contributed by atoms with Gasteiger partial charge in [0.15, 0.2) is 0 Å². The molecule has 1 aromatic carbocycles. The third-order valence-electron chi connectivity index (χ3n) is 2.10. The van der Waals surface area contributed by atoms with Crippen LogP contribution in [0, 0.1) is 17.1 Å². The number of benzene rings is 1. The molecule has 0 heterocycles. The smallest absolute Gasteiger partial charge is 0.123 e. The van der Waals surface area contributed by atoms with E-state index in [0.717, 1.165) is 23.6 Å². The van der Waals surface area contributed by atoms with Crippen molar-refractivity contribution in [3.8, 4) is 6.07 Å². The minimum Gasteiger partial charge on any atom is -0.370 e. The van der Waals surface area contributed by atoms with Gasteiger partial charge in [-0.2, -0.15) is 17.0 Å². The molecular formula is C12H15FN2S. The highest BCUT2D eigenvalue weighted by molar-refractivity contribution is 7.99. The molecule has 1 unspecified atom stereocenters. The lowest BCUT2D eigenvalue weighted by molar-refractivity contribution is 0.628. The summed E-state index contributed by atoms with van der Waals surface area (Å²) >= 11 is 1.81. The lowest BCUT2D eigenvalue weighted by Crippen LogP contribution is -2.18. The van der Waals surface area contributed by atoms with Gasteiger partial charge in [0, 0.05) is 5.69 Å². The Morgan fingerprint density at radius 2 is 2.12 bits per heavy atom. The van der Waals surface area contributed by atoms with E-state index < -0.39 is 0 Å². The van der Waals surface area contributed by atoms with Crippen molar-refractivity contribution in [1.82, 2.24) is 0 Å². The van der Waals surface area contributed by atoms with E-state index in [1.54, 1.807) is 12.1 Å². The molecule has 0 saturated carbocycles. The number of nitrogens with zero attached hydrogens (tertiary/aromatic N) is 1. The minimum absolute atomic E-state index is 0.204. The summed E-state index contributed by atoms with van der Waals surface area (Å²) in [5.74, 6) is 1.76. The van der Waals surface area contributed by atoms with Crippen molar-refractivity contribution in [2.45, 2.75) is 19.4 Å². The van der Waals surface area contributed by atoms with Crippen LogP contribution in [0.2, 0.25) is 0 Å².